The topological polar surface area (TPSA) is 45.5 Å². The van der Waals surface area contributed by atoms with Crippen LogP contribution in [0.25, 0.3) is 5.65 Å². The van der Waals surface area contributed by atoms with E-state index in [9.17, 15) is 0 Å². The van der Waals surface area contributed by atoms with Gasteiger partial charge in [-0.2, -0.15) is 4.98 Å². The number of anilines is 1. The van der Waals surface area contributed by atoms with Crippen LogP contribution in [0.4, 0.5) is 5.95 Å². The molecular weight excluding hydrogens is 262 g/mol. The highest BCUT2D eigenvalue weighted by atomic mass is 15.4. The molecule has 1 saturated heterocycles. The van der Waals surface area contributed by atoms with E-state index in [1.54, 1.807) is 0 Å². The first-order chi connectivity index (χ1) is 10.1. The Morgan fingerprint density at radius 3 is 2.95 bits per heavy atom. The fourth-order valence-electron chi connectivity index (χ4n) is 2.94. The number of fused-ring (bicyclic) bond motifs is 1. The number of hydrogen-bond donors (Lipinski definition) is 1. The SMILES string of the molecule is Cc1ccc2nc(N(CC3CCCCN3)C(C)C)nn2c1. The lowest BCUT2D eigenvalue weighted by Crippen LogP contribution is -2.46. The number of aromatic nitrogens is 3. The summed E-state index contributed by atoms with van der Waals surface area (Å²) in [5.74, 6) is 0.836. The molecule has 0 aliphatic carbocycles. The van der Waals surface area contributed by atoms with Gasteiger partial charge < -0.3 is 10.2 Å². The summed E-state index contributed by atoms with van der Waals surface area (Å²) in [6, 6.07) is 5.06. The number of piperidine rings is 1. The van der Waals surface area contributed by atoms with Crippen LogP contribution in [0.2, 0.25) is 0 Å². The Balaban J connectivity index is 1.84. The molecule has 0 aromatic carbocycles. The molecule has 2 aromatic heterocycles. The average Bonchev–Trinajstić information content (AvgIpc) is 2.88. The Labute approximate surface area is 126 Å². The molecule has 1 unspecified atom stereocenters. The minimum atomic E-state index is 0.396. The van der Waals surface area contributed by atoms with Crippen LogP contribution in [0, 0.1) is 6.92 Å². The number of rotatable bonds is 4. The number of hydrogen-bond acceptors (Lipinski definition) is 4. The minimum absolute atomic E-state index is 0.396. The van der Waals surface area contributed by atoms with Gasteiger partial charge in [0.25, 0.3) is 0 Å². The highest BCUT2D eigenvalue weighted by Gasteiger charge is 2.21. The van der Waals surface area contributed by atoms with Crippen molar-refractivity contribution < 1.29 is 0 Å². The summed E-state index contributed by atoms with van der Waals surface area (Å²) in [6.45, 7) is 8.61. The summed E-state index contributed by atoms with van der Waals surface area (Å²) in [7, 11) is 0. The van der Waals surface area contributed by atoms with Crippen molar-refractivity contribution in [2.75, 3.05) is 18.0 Å². The number of aryl methyl sites for hydroxylation is 1. The van der Waals surface area contributed by atoms with Gasteiger partial charge in [0.2, 0.25) is 5.95 Å². The molecule has 1 fully saturated rings. The average molecular weight is 287 g/mol. The summed E-state index contributed by atoms with van der Waals surface area (Å²) >= 11 is 0. The molecule has 0 spiro atoms. The van der Waals surface area contributed by atoms with E-state index in [2.05, 4.69) is 42.2 Å². The van der Waals surface area contributed by atoms with Gasteiger partial charge in [-0.25, -0.2) is 4.52 Å². The second-order valence-corrected chi connectivity index (χ2v) is 6.31. The van der Waals surface area contributed by atoms with Gasteiger partial charge in [-0.05, 0) is 51.8 Å². The quantitative estimate of drug-likeness (QED) is 0.938. The van der Waals surface area contributed by atoms with Crippen molar-refractivity contribution >= 4 is 11.6 Å². The molecule has 0 bridgehead atoms. The second kappa shape index (κ2) is 6.02. The molecule has 1 atom stereocenters. The molecular formula is C16H25N5. The van der Waals surface area contributed by atoms with Crippen LogP contribution < -0.4 is 10.2 Å². The Morgan fingerprint density at radius 1 is 1.38 bits per heavy atom. The Bertz CT molecular complexity index is 598. The molecule has 3 heterocycles. The van der Waals surface area contributed by atoms with E-state index in [0.717, 1.165) is 24.7 Å². The normalized spacial score (nSPS) is 19.3. The molecule has 21 heavy (non-hydrogen) atoms. The summed E-state index contributed by atoms with van der Waals surface area (Å²) in [5.41, 5.74) is 2.11. The molecule has 1 aliphatic rings. The van der Waals surface area contributed by atoms with Crippen molar-refractivity contribution in [3.05, 3.63) is 23.9 Å². The third kappa shape index (κ3) is 3.18. The maximum absolute atomic E-state index is 4.69. The molecule has 1 N–H and O–H groups in total. The molecule has 2 aromatic rings. The summed E-state index contributed by atoms with van der Waals surface area (Å²) < 4.78 is 1.88. The molecule has 0 saturated carbocycles. The van der Waals surface area contributed by atoms with Crippen molar-refractivity contribution in [1.82, 2.24) is 19.9 Å². The van der Waals surface area contributed by atoms with Gasteiger partial charge >= 0.3 is 0 Å². The molecule has 1 aliphatic heterocycles. The monoisotopic (exact) mass is 287 g/mol. The first-order valence-electron chi connectivity index (χ1n) is 7.96. The molecule has 0 amide bonds. The van der Waals surface area contributed by atoms with Gasteiger partial charge in [0.05, 0.1) is 0 Å². The standard InChI is InChI=1S/C16H25N5/c1-12(2)20(11-14-6-4-5-9-17-14)16-18-15-8-7-13(3)10-21(15)19-16/h7-8,10,12,14,17H,4-6,9,11H2,1-3H3. The van der Waals surface area contributed by atoms with Crippen molar-refractivity contribution in [3.63, 3.8) is 0 Å². The number of nitrogens with one attached hydrogen (secondary N) is 1. The highest BCUT2D eigenvalue weighted by molar-refractivity contribution is 5.46. The van der Waals surface area contributed by atoms with Gasteiger partial charge in [-0.3, -0.25) is 0 Å². The van der Waals surface area contributed by atoms with Crippen molar-refractivity contribution in [1.29, 1.82) is 0 Å². The minimum Gasteiger partial charge on any atom is -0.336 e. The van der Waals surface area contributed by atoms with E-state index >= 15 is 0 Å². The van der Waals surface area contributed by atoms with E-state index in [0.29, 0.717) is 12.1 Å². The van der Waals surface area contributed by atoms with Gasteiger partial charge in [-0.1, -0.05) is 12.5 Å². The lowest BCUT2D eigenvalue weighted by atomic mass is 10.0. The van der Waals surface area contributed by atoms with E-state index in [-0.39, 0.29) is 0 Å². The lowest BCUT2D eigenvalue weighted by molar-refractivity contribution is 0.392. The van der Waals surface area contributed by atoms with E-state index in [1.165, 1.54) is 24.8 Å². The van der Waals surface area contributed by atoms with Crippen LogP contribution in [0.3, 0.4) is 0 Å². The summed E-state index contributed by atoms with van der Waals surface area (Å²) in [6.07, 6.45) is 5.89. The highest BCUT2D eigenvalue weighted by Crippen LogP contribution is 2.17. The van der Waals surface area contributed by atoms with Gasteiger partial charge in [0, 0.05) is 24.8 Å². The summed E-state index contributed by atoms with van der Waals surface area (Å²) in [4.78, 5) is 7.00. The zero-order chi connectivity index (χ0) is 14.8. The maximum atomic E-state index is 4.69. The van der Waals surface area contributed by atoms with Gasteiger partial charge in [-0.15, -0.1) is 5.10 Å². The summed E-state index contributed by atoms with van der Waals surface area (Å²) in [5, 5.41) is 8.28. The second-order valence-electron chi connectivity index (χ2n) is 6.31. The van der Waals surface area contributed by atoms with Gasteiger partial charge in [0.1, 0.15) is 0 Å². The molecule has 114 valence electrons. The van der Waals surface area contributed by atoms with Crippen LogP contribution in [0.1, 0.15) is 38.7 Å². The predicted octanol–water partition coefficient (Wildman–Crippen LogP) is 2.39. The van der Waals surface area contributed by atoms with Crippen molar-refractivity contribution in [2.45, 2.75) is 52.1 Å². The Morgan fingerprint density at radius 2 is 2.24 bits per heavy atom. The largest absolute Gasteiger partial charge is 0.336 e. The van der Waals surface area contributed by atoms with E-state index < -0.39 is 0 Å². The smallest absolute Gasteiger partial charge is 0.245 e. The Hall–Kier alpha value is -1.62. The van der Waals surface area contributed by atoms with Crippen LogP contribution in [0.15, 0.2) is 18.3 Å². The molecule has 5 nitrogen and oxygen atoms in total. The van der Waals surface area contributed by atoms with Gasteiger partial charge in [0.15, 0.2) is 5.65 Å². The first kappa shape index (κ1) is 14.3. The van der Waals surface area contributed by atoms with E-state index in [1.807, 2.05) is 16.8 Å². The Kier molecular flexibility index (Phi) is 4.10. The van der Waals surface area contributed by atoms with Crippen LogP contribution in [-0.4, -0.2) is 39.8 Å². The molecule has 5 heteroatoms. The maximum Gasteiger partial charge on any atom is 0.245 e. The van der Waals surface area contributed by atoms with E-state index in [4.69, 9.17) is 4.98 Å². The number of pyridine rings is 1. The lowest BCUT2D eigenvalue weighted by Gasteiger charge is -2.32. The fraction of sp³-hybridized carbons (Fsp3) is 0.625. The van der Waals surface area contributed by atoms with Crippen LogP contribution in [0.5, 0.6) is 0 Å². The fourth-order valence-corrected chi connectivity index (χ4v) is 2.94. The third-order valence-corrected chi connectivity index (χ3v) is 4.18. The zero-order valence-electron chi connectivity index (χ0n) is 13.2. The number of nitrogens with zero attached hydrogens (tertiary/aromatic N) is 4. The molecule has 3 rings (SSSR count). The first-order valence-corrected chi connectivity index (χ1v) is 7.96. The van der Waals surface area contributed by atoms with Crippen molar-refractivity contribution in [2.24, 2.45) is 0 Å². The third-order valence-electron chi connectivity index (χ3n) is 4.18. The zero-order valence-corrected chi connectivity index (χ0v) is 13.2. The molecule has 0 radical (unpaired) electrons. The van der Waals surface area contributed by atoms with Crippen molar-refractivity contribution in [3.8, 4) is 0 Å². The van der Waals surface area contributed by atoms with Crippen LogP contribution in [-0.2, 0) is 0 Å². The predicted molar refractivity (Wildman–Crippen MR) is 85.8 cm³/mol. The van der Waals surface area contributed by atoms with Crippen LogP contribution >= 0.6 is 0 Å².